The zero-order chi connectivity index (χ0) is 19.9. The van der Waals surface area contributed by atoms with E-state index in [1.54, 1.807) is 18.3 Å². The number of pyridine rings is 2. The molecule has 1 unspecified atom stereocenters. The number of aromatic nitrogens is 4. The quantitative estimate of drug-likeness (QED) is 0.717. The number of hydrogen-bond donors (Lipinski definition) is 2. The lowest BCUT2D eigenvalue weighted by atomic mass is 10.0. The van der Waals surface area contributed by atoms with Crippen LogP contribution in [0.2, 0.25) is 0 Å². The van der Waals surface area contributed by atoms with Crippen LogP contribution in [0.1, 0.15) is 19.4 Å². The van der Waals surface area contributed by atoms with E-state index < -0.39 is 11.7 Å². The molecule has 148 valence electrons. The van der Waals surface area contributed by atoms with Crippen LogP contribution < -0.4 is 10.2 Å². The number of rotatable bonds is 3. The van der Waals surface area contributed by atoms with Gasteiger partial charge in [-0.15, -0.1) is 0 Å². The topological polar surface area (TPSA) is 69.7 Å². The highest BCUT2D eigenvalue weighted by Crippen LogP contribution is 2.38. The Morgan fingerprint density at radius 2 is 2.00 bits per heavy atom. The SMILES string of the molecule is CC(C)C1CN(c2ccc(C(F)(F)F)c(-c3n[nH]c4ncccc34)n2)CCN1. The van der Waals surface area contributed by atoms with Crippen LogP contribution >= 0.6 is 0 Å². The van der Waals surface area contributed by atoms with Crippen LogP contribution in [0.25, 0.3) is 22.4 Å². The number of nitrogens with one attached hydrogen (secondary N) is 2. The van der Waals surface area contributed by atoms with Gasteiger partial charge in [-0.3, -0.25) is 5.10 Å². The molecule has 1 aliphatic rings. The fraction of sp³-hybridized carbons (Fsp3) is 0.421. The van der Waals surface area contributed by atoms with E-state index in [1.165, 1.54) is 6.07 Å². The first-order chi connectivity index (χ1) is 13.3. The van der Waals surface area contributed by atoms with Crippen LogP contribution in [0.3, 0.4) is 0 Å². The molecule has 1 atom stereocenters. The zero-order valence-electron chi connectivity index (χ0n) is 15.6. The summed E-state index contributed by atoms with van der Waals surface area (Å²) in [6, 6.07) is 6.16. The molecular weight excluding hydrogens is 369 g/mol. The predicted molar refractivity (Wildman–Crippen MR) is 101 cm³/mol. The number of nitrogens with zero attached hydrogens (tertiary/aromatic N) is 4. The summed E-state index contributed by atoms with van der Waals surface area (Å²) in [6.07, 6.45) is -2.97. The fourth-order valence-corrected chi connectivity index (χ4v) is 3.50. The van der Waals surface area contributed by atoms with Gasteiger partial charge in [-0.1, -0.05) is 13.8 Å². The Balaban J connectivity index is 1.81. The number of alkyl halides is 3. The molecule has 1 fully saturated rings. The van der Waals surface area contributed by atoms with Gasteiger partial charge in [-0.25, -0.2) is 9.97 Å². The first-order valence-corrected chi connectivity index (χ1v) is 9.20. The van der Waals surface area contributed by atoms with Gasteiger partial charge in [0.2, 0.25) is 0 Å². The minimum Gasteiger partial charge on any atom is -0.354 e. The Hall–Kier alpha value is -2.68. The van der Waals surface area contributed by atoms with E-state index in [-0.39, 0.29) is 17.4 Å². The summed E-state index contributed by atoms with van der Waals surface area (Å²) in [4.78, 5) is 10.6. The van der Waals surface area contributed by atoms with Crippen LogP contribution in [-0.2, 0) is 6.18 Å². The maximum Gasteiger partial charge on any atom is 0.418 e. The summed E-state index contributed by atoms with van der Waals surface area (Å²) in [5.74, 6) is 0.938. The second-order valence-corrected chi connectivity index (χ2v) is 7.29. The van der Waals surface area contributed by atoms with E-state index in [0.717, 1.165) is 12.6 Å². The predicted octanol–water partition coefficient (Wildman–Crippen LogP) is 3.47. The lowest BCUT2D eigenvalue weighted by molar-refractivity contribution is -0.137. The summed E-state index contributed by atoms with van der Waals surface area (Å²) in [6.45, 7) is 6.38. The highest BCUT2D eigenvalue weighted by molar-refractivity contribution is 5.90. The third-order valence-corrected chi connectivity index (χ3v) is 5.08. The Morgan fingerprint density at radius 3 is 2.75 bits per heavy atom. The molecule has 4 heterocycles. The minimum atomic E-state index is -4.53. The molecule has 0 aromatic carbocycles. The monoisotopic (exact) mass is 390 g/mol. The van der Waals surface area contributed by atoms with Crippen molar-refractivity contribution < 1.29 is 13.2 Å². The molecule has 1 aliphatic heterocycles. The van der Waals surface area contributed by atoms with E-state index in [9.17, 15) is 13.2 Å². The molecule has 0 spiro atoms. The van der Waals surface area contributed by atoms with E-state index in [0.29, 0.717) is 35.9 Å². The van der Waals surface area contributed by atoms with Crippen molar-refractivity contribution in [3.05, 3.63) is 36.0 Å². The van der Waals surface area contributed by atoms with Crippen molar-refractivity contribution in [2.24, 2.45) is 5.92 Å². The second-order valence-electron chi connectivity index (χ2n) is 7.29. The number of halogens is 3. The summed E-state index contributed by atoms with van der Waals surface area (Å²) in [7, 11) is 0. The molecule has 0 bridgehead atoms. The van der Waals surface area contributed by atoms with Gasteiger partial charge in [-0.05, 0) is 30.2 Å². The maximum atomic E-state index is 13.7. The lowest BCUT2D eigenvalue weighted by Crippen LogP contribution is -2.53. The van der Waals surface area contributed by atoms with Crippen molar-refractivity contribution in [3.63, 3.8) is 0 Å². The normalized spacial score (nSPS) is 18.2. The molecule has 6 nitrogen and oxygen atoms in total. The Kier molecular flexibility index (Phi) is 4.70. The second kappa shape index (κ2) is 7.05. The number of aromatic amines is 1. The number of H-pyrrole nitrogens is 1. The third kappa shape index (κ3) is 3.42. The van der Waals surface area contributed by atoms with Gasteiger partial charge in [0.1, 0.15) is 17.2 Å². The number of fused-ring (bicyclic) bond motifs is 1. The standard InChI is InChI=1S/C19H21F3N6/c1-11(2)14-10-28(9-8-23-14)15-6-5-13(19(20,21)22)17(25-15)16-12-4-3-7-24-18(12)27-26-16/h3-7,11,14,23H,8-10H2,1-2H3,(H,24,26,27). The van der Waals surface area contributed by atoms with Crippen molar-refractivity contribution >= 4 is 16.9 Å². The van der Waals surface area contributed by atoms with Crippen LogP contribution in [0.15, 0.2) is 30.5 Å². The van der Waals surface area contributed by atoms with Gasteiger partial charge in [0.15, 0.2) is 5.65 Å². The molecular formula is C19H21F3N6. The lowest BCUT2D eigenvalue weighted by Gasteiger charge is -2.36. The van der Waals surface area contributed by atoms with Crippen molar-refractivity contribution in [3.8, 4) is 11.4 Å². The van der Waals surface area contributed by atoms with E-state index in [2.05, 4.69) is 39.3 Å². The van der Waals surface area contributed by atoms with Gasteiger partial charge >= 0.3 is 6.18 Å². The Labute approximate surface area is 160 Å². The summed E-state index contributed by atoms with van der Waals surface area (Å²) in [5.41, 5.74) is -0.388. The van der Waals surface area contributed by atoms with Crippen LogP contribution in [0.4, 0.5) is 19.0 Å². The maximum absolute atomic E-state index is 13.7. The van der Waals surface area contributed by atoms with Crippen molar-refractivity contribution in [2.45, 2.75) is 26.1 Å². The molecule has 28 heavy (non-hydrogen) atoms. The number of anilines is 1. The molecule has 2 N–H and O–H groups in total. The van der Waals surface area contributed by atoms with Crippen molar-refractivity contribution in [2.75, 3.05) is 24.5 Å². The zero-order valence-corrected chi connectivity index (χ0v) is 15.6. The largest absolute Gasteiger partial charge is 0.418 e. The molecule has 1 saturated heterocycles. The highest BCUT2D eigenvalue weighted by atomic mass is 19.4. The number of piperazine rings is 1. The highest BCUT2D eigenvalue weighted by Gasteiger charge is 2.36. The summed E-state index contributed by atoms with van der Waals surface area (Å²) < 4.78 is 41.0. The minimum absolute atomic E-state index is 0.160. The fourth-order valence-electron chi connectivity index (χ4n) is 3.50. The smallest absolute Gasteiger partial charge is 0.354 e. The molecule has 3 aromatic heterocycles. The molecule has 9 heteroatoms. The summed E-state index contributed by atoms with van der Waals surface area (Å²) in [5, 5.41) is 10.7. The molecule has 3 aromatic rings. The van der Waals surface area contributed by atoms with E-state index >= 15 is 0 Å². The first-order valence-electron chi connectivity index (χ1n) is 9.20. The third-order valence-electron chi connectivity index (χ3n) is 5.08. The van der Waals surface area contributed by atoms with Crippen molar-refractivity contribution in [1.29, 1.82) is 0 Å². The average Bonchev–Trinajstić information content (AvgIpc) is 3.11. The van der Waals surface area contributed by atoms with Gasteiger partial charge in [0.05, 0.1) is 5.56 Å². The molecule has 0 radical (unpaired) electrons. The van der Waals surface area contributed by atoms with Gasteiger partial charge in [0.25, 0.3) is 0 Å². The Bertz CT molecular complexity index is 981. The van der Waals surface area contributed by atoms with Crippen molar-refractivity contribution in [1.82, 2.24) is 25.5 Å². The molecule has 4 rings (SSSR count). The molecule has 0 saturated carbocycles. The first kappa shape index (κ1) is 18.7. The van der Waals surface area contributed by atoms with Crippen LogP contribution in [0, 0.1) is 5.92 Å². The van der Waals surface area contributed by atoms with E-state index in [4.69, 9.17) is 0 Å². The Morgan fingerprint density at radius 1 is 1.18 bits per heavy atom. The van der Waals surface area contributed by atoms with Crippen LogP contribution in [-0.4, -0.2) is 45.8 Å². The molecule has 0 aliphatic carbocycles. The summed E-state index contributed by atoms with van der Waals surface area (Å²) >= 11 is 0. The van der Waals surface area contributed by atoms with Gasteiger partial charge < -0.3 is 10.2 Å². The van der Waals surface area contributed by atoms with Crippen LogP contribution in [0.5, 0.6) is 0 Å². The average molecular weight is 390 g/mol. The number of hydrogen-bond acceptors (Lipinski definition) is 5. The van der Waals surface area contributed by atoms with Gasteiger partial charge in [-0.2, -0.15) is 18.3 Å². The van der Waals surface area contributed by atoms with E-state index in [1.807, 2.05) is 4.90 Å². The van der Waals surface area contributed by atoms with Gasteiger partial charge in [0, 0.05) is 37.3 Å². The molecule has 0 amide bonds.